The summed E-state index contributed by atoms with van der Waals surface area (Å²) in [6.45, 7) is 1.15. The fourth-order valence-electron chi connectivity index (χ4n) is 2.26. The van der Waals surface area contributed by atoms with E-state index in [1.165, 1.54) is 15.6 Å². The maximum absolute atomic E-state index is 10.3. The molecule has 0 aliphatic carbocycles. The van der Waals surface area contributed by atoms with E-state index in [1.807, 2.05) is 6.07 Å². The highest BCUT2D eigenvalue weighted by molar-refractivity contribution is 7.17. The highest BCUT2D eigenvalue weighted by Gasteiger charge is 2.32. The molecule has 1 aromatic heterocycles. The van der Waals surface area contributed by atoms with Crippen LogP contribution in [0.4, 0.5) is 0 Å². The van der Waals surface area contributed by atoms with Gasteiger partial charge in [-0.15, -0.1) is 11.3 Å². The van der Waals surface area contributed by atoms with Crippen LogP contribution in [0.1, 0.15) is 12.0 Å². The number of benzene rings is 1. The van der Waals surface area contributed by atoms with Gasteiger partial charge in [-0.05, 0) is 22.4 Å². The number of hydrogen-bond acceptors (Lipinski definition) is 3. The summed E-state index contributed by atoms with van der Waals surface area (Å²) < 4.78 is 6.57. The number of thiophene rings is 1. The Morgan fingerprint density at radius 3 is 3.06 bits per heavy atom. The maximum atomic E-state index is 10.3. The molecule has 2 aromatic rings. The first-order valence-electron chi connectivity index (χ1n) is 5.52. The molecule has 1 unspecified atom stereocenters. The number of hydrogen-bond donors (Lipinski definition) is 1. The zero-order valence-electron chi connectivity index (χ0n) is 8.98. The molecular formula is C13H14O2S. The molecule has 1 aliphatic heterocycles. The first kappa shape index (κ1) is 10.3. The van der Waals surface area contributed by atoms with Gasteiger partial charge in [0.25, 0.3) is 0 Å². The minimum Gasteiger partial charge on any atom is -0.387 e. The Kier molecular flexibility index (Phi) is 2.46. The third-order valence-corrected chi connectivity index (χ3v) is 4.18. The molecule has 1 saturated heterocycles. The molecule has 16 heavy (non-hydrogen) atoms. The second-order valence-electron chi connectivity index (χ2n) is 4.46. The first-order valence-corrected chi connectivity index (χ1v) is 6.40. The van der Waals surface area contributed by atoms with Crippen LogP contribution < -0.4 is 0 Å². The zero-order valence-corrected chi connectivity index (χ0v) is 9.80. The molecular weight excluding hydrogens is 220 g/mol. The third kappa shape index (κ3) is 1.75. The summed E-state index contributed by atoms with van der Waals surface area (Å²) in [5, 5.41) is 13.7. The molecule has 0 saturated carbocycles. The molecule has 3 rings (SSSR count). The average Bonchev–Trinajstić information content (AvgIpc) is 2.87. The van der Waals surface area contributed by atoms with E-state index in [2.05, 4.69) is 23.6 Å². The molecule has 0 radical (unpaired) electrons. The average molecular weight is 234 g/mol. The van der Waals surface area contributed by atoms with Crippen molar-refractivity contribution in [3.05, 3.63) is 35.2 Å². The van der Waals surface area contributed by atoms with Crippen molar-refractivity contribution in [2.45, 2.75) is 18.4 Å². The predicted molar refractivity (Wildman–Crippen MR) is 65.9 cm³/mol. The van der Waals surface area contributed by atoms with Gasteiger partial charge >= 0.3 is 0 Å². The van der Waals surface area contributed by atoms with E-state index in [0.717, 1.165) is 6.42 Å². The van der Waals surface area contributed by atoms with E-state index < -0.39 is 5.60 Å². The Hall–Kier alpha value is -0.900. The summed E-state index contributed by atoms with van der Waals surface area (Å²) >= 11 is 1.74. The summed E-state index contributed by atoms with van der Waals surface area (Å²) in [6.07, 6.45) is 1.45. The van der Waals surface area contributed by atoms with Gasteiger partial charge in [-0.25, -0.2) is 0 Å². The van der Waals surface area contributed by atoms with Crippen molar-refractivity contribution < 1.29 is 9.84 Å². The minimum atomic E-state index is -0.649. The second-order valence-corrected chi connectivity index (χ2v) is 5.37. The molecule has 3 heteroatoms. The molecule has 0 spiro atoms. The van der Waals surface area contributed by atoms with Gasteiger partial charge in [0.05, 0.1) is 12.2 Å². The Morgan fingerprint density at radius 1 is 1.38 bits per heavy atom. The Labute approximate surface area is 98.5 Å². The van der Waals surface area contributed by atoms with Gasteiger partial charge in [0.1, 0.15) is 0 Å². The molecule has 84 valence electrons. The Bertz CT molecular complexity index is 497. The van der Waals surface area contributed by atoms with Crippen LogP contribution in [-0.2, 0) is 11.2 Å². The zero-order chi connectivity index (χ0) is 11.0. The van der Waals surface area contributed by atoms with E-state index in [-0.39, 0.29) is 0 Å². The van der Waals surface area contributed by atoms with Crippen LogP contribution in [0.25, 0.3) is 10.1 Å². The third-order valence-electron chi connectivity index (χ3n) is 3.16. The lowest BCUT2D eigenvalue weighted by Crippen LogP contribution is -2.31. The van der Waals surface area contributed by atoms with Crippen molar-refractivity contribution in [1.29, 1.82) is 0 Å². The smallest absolute Gasteiger partial charge is 0.0942 e. The number of rotatable bonds is 2. The van der Waals surface area contributed by atoms with Crippen molar-refractivity contribution >= 4 is 21.4 Å². The van der Waals surface area contributed by atoms with Gasteiger partial charge in [-0.2, -0.15) is 0 Å². The van der Waals surface area contributed by atoms with Crippen LogP contribution in [0.15, 0.2) is 29.6 Å². The van der Waals surface area contributed by atoms with Gasteiger partial charge in [-0.1, -0.05) is 18.2 Å². The monoisotopic (exact) mass is 234 g/mol. The molecule has 2 heterocycles. The molecule has 1 aromatic carbocycles. The normalized spacial score (nSPS) is 25.3. The van der Waals surface area contributed by atoms with Crippen LogP contribution in [0, 0.1) is 0 Å². The summed E-state index contributed by atoms with van der Waals surface area (Å²) in [4.78, 5) is 0. The van der Waals surface area contributed by atoms with Crippen molar-refractivity contribution in [2.24, 2.45) is 0 Å². The largest absolute Gasteiger partial charge is 0.387 e. The second kappa shape index (κ2) is 3.84. The fraction of sp³-hybridized carbons (Fsp3) is 0.385. The Morgan fingerprint density at radius 2 is 2.25 bits per heavy atom. The van der Waals surface area contributed by atoms with Gasteiger partial charge in [-0.3, -0.25) is 0 Å². The predicted octanol–water partition coefficient (Wildman–Crippen LogP) is 2.60. The SMILES string of the molecule is OC1(Cc2csc3ccccc23)CCOC1. The lowest BCUT2D eigenvalue weighted by atomic mass is 9.94. The van der Waals surface area contributed by atoms with E-state index in [1.54, 1.807) is 11.3 Å². The molecule has 1 atom stereocenters. The molecule has 0 amide bonds. The molecule has 1 N–H and O–H groups in total. The van der Waals surface area contributed by atoms with E-state index in [9.17, 15) is 5.11 Å². The standard InChI is InChI=1S/C13H14O2S/c14-13(5-6-15-9-13)7-10-8-16-12-4-2-1-3-11(10)12/h1-4,8,14H,5-7,9H2. The van der Waals surface area contributed by atoms with Gasteiger partial charge in [0.15, 0.2) is 0 Å². The van der Waals surface area contributed by atoms with Crippen LogP contribution in [-0.4, -0.2) is 23.9 Å². The quantitative estimate of drug-likeness (QED) is 0.865. The topological polar surface area (TPSA) is 29.5 Å². The Balaban J connectivity index is 1.94. The van der Waals surface area contributed by atoms with E-state index in [0.29, 0.717) is 19.6 Å². The van der Waals surface area contributed by atoms with Crippen LogP contribution in [0.3, 0.4) is 0 Å². The number of fused-ring (bicyclic) bond motifs is 1. The van der Waals surface area contributed by atoms with Gasteiger partial charge in [0.2, 0.25) is 0 Å². The van der Waals surface area contributed by atoms with Crippen molar-refractivity contribution in [1.82, 2.24) is 0 Å². The lowest BCUT2D eigenvalue weighted by Gasteiger charge is -2.19. The van der Waals surface area contributed by atoms with Crippen LogP contribution in [0.2, 0.25) is 0 Å². The van der Waals surface area contributed by atoms with Crippen LogP contribution >= 0.6 is 11.3 Å². The van der Waals surface area contributed by atoms with Crippen molar-refractivity contribution in [3.8, 4) is 0 Å². The summed E-state index contributed by atoms with van der Waals surface area (Å²) in [7, 11) is 0. The highest BCUT2D eigenvalue weighted by Crippen LogP contribution is 2.31. The van der Waals surface area contributed by atoms with Crippen LogP contribution in [0.5, 0.6) is 0 Å². The molecule has 2 nitrogen and oxygen atoms in total. The maximum Gasteiger partial charge on any atom is 0.0942 e. The number of aliphatic hydroxyl groups is 1. The fourth-order valence-corrected chi connectivity index (χ4v) is 3.22. The first-order chi connectivity index (χ1) is 7.77. The van der Waals surface area contributed by atoms with E-state index in [4.69, 9.17) is 4.74 Å². The minimum absolute atomic E-state index is 0.469. The summed E-state index contributed by atoms with van der Waals surface area (Å²) in [5.74, 6) is 0. The summed E-state index contributed by atoms with van der Waals surface area (Å²) in [6, 6.07) is 8.35. The molecule has 0 bridgehead atoms. The summed E-state index contributed by atoms with van der Waals surface area (Å²) in [5.41, 5.74) is 0.595. The number of ether oxygens (including phenoxy) is 1. The lowest BCUT2D eigenvalue weighted by molar-refractivity contribution is 0.0274. The van der Waals surface area contributed by atoms with Gasteiger partial charge in [0, 0.05) is 24.1 Å². The highest BCUT2D eigenvalue weighted by atomic mass is 32.1. The molecule has 1 aliphatic rings. The van der Waals surface area contributed by atoms with Crippen molar-refractivity contribution in [2.75, 3.05) is 13.2 Å². The van der Waals surface area contributed by atoms with E-state index >= 15 is 0 Å². The van der Waals surface area contributed by atoms with Crippen molar-refractivity contribution in [3.63, 3.8) is 0 Å². The van der Waals surface area contributed by atoms with Gasteiger partial charge < -0.3 is 9.84 Å². The molecule has 1 fully saturated rings.